The van der Waals surface area contributed by atoms with Gasteiger partial charge in [0.25, 0.3) is 5.56 Å². The fourth-order valence-corrected chi connectivity index (χ4v) is 4.88. The average Bonchev–Trinajstić information content (AvgIpc) is 3.22. The predicted molar refractivity (Wildman–Crippen MR) is 137 cm³/mol. The molecular formula is C24H19ClF4N4O5S. The molecule has 0 spiro atoms. The molecule has 1 aliphatic rings. The number of methoxy groups -OCH3 is 2. The summed E-state index contributed by atoms with van der Waals surface area (Å²) in [5, 5.41) is -0.0348. The lowest BCUT2D eigenvalue weighted by atomic mass is 10.2. The summed E-state index contributed by atoms with van der Waals surface area (Å²) in [6.45, 7) is 0.0579. The van der Waals surface area contributed by atoms with Gasteiger partial charge in [0.2, 0.25) is 5.91 Å². The quantitative estimate of drug-likeness (QED) is 0.403. The second-order valence-corrected chi connectivity index (χ2v) is 9.49. The Morgan fingerprint density at radius 1 is 1.08 bits per heavy atom. The topological polar surface area (TPSA) is 95.1 Å². The zero-order chi connectivity index (χ0) is 28.6. The van der Waals surface area contributed by atoms with Gasteiger partial charge >= 0.3 is 11.9 Å². The number of amidine groups is 1. The Hall–Kier alpha value is -3.78. The van der Waals surface area contributed by atoms with E-state index in [0.29, 0.717) is 17.1 Å². The summed E-state index contributed by atoms with van der Waals surface area (Å²) in [6.07, 6.45) is -4.98. The second-order valence-electron chi connectivity index (χ2n) is 8.14. The fourth-order valence-electron chi connectivity index (χ4n) is 3.80. The SMILES string of the molecule is COc1ccc(CN2C(=O)CSC2=Nc2cc(-n3c(=O)cc(C(F)(F)F)n(C)c3=O)c(F)cc2Cl)c(OC)c1. The first-order valence-corrected chi connectivity index (χ1v) is 12.3. The number of thioether (sulfide) groups is 1. The Labute approximate surface area is 227 Å². The molecular weight excluding hydrogens is 568 g/mol. The van der Waals surface area contributed by atoms with E-state index in [1.165, 1.54) is 19.1 Å². The summed E-state index contributed by atoms with van der Waals surface area (Å²) in [5.41, 5.74) is -4.46. The maximum Gasteiger partial charge on any atom is 0.431 e. The maximum atomic E-state index is 14.9. The van der Waals surface area contributed by atoms with Crippen molar-refractivity contribution in [3.8, 4) is 17.2 Å². The van der Waals surface area contributed by atoms with Crippen molar-refractivity contribution in [3.63, 3.8) is 0 Å². The Morgan fingerprint density at radius 2 is 1.79 bits per heavy atom. The summed E-state index contributed by atoms with van der Waals surface area (Å²) in [5.74, 6) is -0.386. The molecule has 0 atom stereocenters. The van der Waals surface area contributed by atoms with Crippen LogP contribution in [0.3, 0.4) is 0 Å². The lowest BCUT2D eigenvalue weighted by Crippen LogP contribution is -2.41. The second kappa shape index (κ2) is 10.8. The number of carbonyl (C=O) groups excluding carboxylic acids is 1. The van der Waals surface area contributed by atoms with Crippen molar-refractivity contribution in [2.24, 2.45) is 12.0 Å². The zero-order valence-corrected chi connectivity index (χ0v) is 22.1. The van der Waals surface area contributed by atoms with E-state index in [2.05, 4.69) is 4.99 Å². The van der Waals surface area contributed by atoms with Crippen LogP contribution in [0.1, 0.15) is 11.3 Å². The van der Waals surface area contributed by atoms with Gasteiger partial charge in [-0.25, -0.2) is 18.7 Å². The Bertz CT molecular complexity index is 1620. The molecule has 2 heterocycles. The molecule has 1 aromatic heterocycles. The maximum absolute atomic E-state index is 14.9. The minimum atomic E-state index is -4.98. The van der Waals surface area contributed by atoms with Gasteiger partial charge in [0.05, 0.1) is 42.9 Å². The van der Waals surface area contributed by atoms with Crippen LogP contribution in [0.15, 0.2) is 51.0 Å². The number of ether oxygens (including phenoxy) is 2. The molecule has 3 aromatic rings. The van der Waals surface area contributed by atoms with Gasteiger partial charge in [-0.05, 0) is 24.3 Å². The van der Waals surface area contributed by atoms with Crippen molar-refractivity contribution in [3.05, 3.63) is 79.3 Å². The fraction of sp³-hybridized carbons (Fsp3) is 0.250. The lowest BCUT2D eigenvalue weighted by Gasteiger charge is -2.19. The molecule has 0 saturated carbocycles. The van der Waals surface area contributed by atoms with Crippen LogP contribution in [0.5, 0.6) is 11.5 Å². The van der Waals surface area contributed by atoms with Crippen molar-refractivity contribution in [2.75, 3.05) is 20.0 Å². The zero-order valence-electron chi connectivity index (χ0n) is 20.5. The molecule has 39 heavy (non-hydrogen) atoms. The van der Waals surface area contributed by atoms with E-state index in [-0.39, 0.29) is 49.3 Å². The first kappa shape index (κ1) is 28.2. The summed E-state index contributed by atoms with van der Waals surface area (Å²) in [7, 11) is 3.76. The first-order chi connectivity index (χ1) is 18.3. The lowest BCUT2D eigenvalue weighted by molar-refractivity contribution is -0.144. The normalized spacial score (nSPS) is 14.8. The molecule has 1 fully saturated rings. The molecule has 15 heteroatoms. The number of hydrogen-bond donors (Lipinski definition) is 0. The van der Waals surface area contributed by atoms with Crippen LogP contribution in [-0.2, 0) is 24.6 Å². The number of rotatable bonds is 6. The van der Waals surface area contributed by atoms with E-state index in [1.807, 2.05) is 0 Å². The number of halogens is 5. The first-order valence-electron chi connectivity index (χ1n) is 11.0. The smallest absolute Gasteiger partial charge is 0.431 e. The van der Waals surface area contributed by atoms with E-state index in [4.69, 9.17) is 21.1 Å². The number of alkyl halides is 3. The molecule has 0 radical (unpaired) electrons. The third-order valence-corrected chi connectivity index (χ3v) is 7.03. The van der Waals surface area contributed by atoms with Crippen LogP contribution in [-0.4, -0.2) is 45.1 Å². The van der Waals surface area contributed by atoms with Crippen LogP contribution in [0, 0.1) is 5.82 Å². The van der Waals surface area contributed by atoms with Gasteiger partial charge in [0, 0.05) is 24.7 Å². The van der Waals surface area contributed by atoms with Gasteiger partial charge in [-0.3, -0.25) is 19.1 Å². The standard InChI is InChI=1S/C24H19ClF4N4O5S/c1-31-19(24(27,28)29)9-20(34)33(23(31)36)17-8-16(14(25)7-15(17)26)30-22-32(21(35)11-39-22)10-12-4-5-13(37-2)6-18(12)38-3/h4-9H,10-11H2,1-3H3. The van der Waals surface area contributed by atoms with Crippen LogP contribution >= 0.6 is 23.4 Å². The molecule has 2 aromatic carbocycles. The highest BCUT2D eigenvalue weighted by Crippen LogP contribution is 2.34. The molecule has 4 rings (SSSR count). The molecule has 1 saturated heterocycles. The van der Waals surface area contributed by atoms with Gasteiger partial charge in [0.15, 0.2) is 5.17 Å². The van der Waals surface area contributed by atoms with E-state index in [1.54, 1.807) is 18.2 Å². The molecule has 0 N–H and O–H groups in total. The summed E-state index contributed by atoms with van der Waals surface area (Å²) in [4.78, 5) is 43.5. The molecule has 0 aliphatic carbocycles. The van der Waals surface area contributed by atoms with Crippen LogP contribution in [0.25, 0.3) is 5.69 Å². The van der Waals surface area contributed by atoms with Crippen molar-refractivity contribution in [1.29, 1.82) is 0 Å². The highest BCUT2D eigenvalue weighted by Gasteiger charge is 2.35. The largest absolute Gasteiger partial charge is 0.497 e. The summed E-state index contributed by atoms with van der Waals surface area (Å²) >= 11 is 7.25. The monoisotopic (exact) mass is 586 g/mol. The van der Waals surface area contributed by atoms with Crippen LogP contribution < -0.4 is 20.7 Å². The van der Waals surface area contributed by atoms with Crippen LogP contribution in [0.2, 0.25) is 5.02 Å². The number of nitrogens with zero attached hydrogens (tertiary/aromatic N) is 4. The van der Waals surface area contributed by atoms with Gasteiger partial charge in [-0.1, -0.05) is 23.4 Å². The van der Waals surface area contributed by atoms with Gasteiger partial charge in [-0.2, -0.15) is 13.2 Å². The predicted octanol–water partition coefficient (Wildman–Crippen LogP) is 4.13. The number of carbonyl (C=O) groups is 1. The Morgan fingerprint density at radius 3 is 2.44 bits per heavy atom. The molecule has 206 valence electrons. The molecule has 1 amide bonds. The number of hydrogen-bond acceptors (Lipinski definition) is 7. The summed E-state index contributed by atoms with van der Waals surface area (Å²) in [6, 6.07) is 6.96. The van der Waals surface area contributed by atoms with Crippen molar-refractivity contribution >= 4 is 40.1 Å². The van der Waals surface area contributed by atoms with E-state index in [0.717, 1.165) is 30.9 Å². The van der Waals surface area contributed by atoms with E-state index >= 15 is 0 Å². The van der Waals surface area contributed by atoms with Crippen molar-refractivity contribution < 1.29 is 31.8 Å². The van der Waals surface area contributed by atoms with Gasteiger partial charge in [-0.15, -0.1) is 0 Å². The number of amides is 1. The third-order valence-electron chi connectivity index (χ3n) is 5.76. The van der Waals surface area contributed by atoms with Crippen molar-refractivity contribution in [2.45, 2.75) is 12.7 Å². The minimum absolute atomic E-state index is 0.0435. The van der Waals surface area contributed by atoms with Gasteiger partial charge < -0.3 is 9.47 Å². The molecule has 9 nitrogen and oxygen atoms in total. The van der Waals surface area contributed by atoms with E-state index < -0.39 is 34.6 Å². The summed E-state index contributed by atoms with van der Waals surface area (Å²) < 4.78 is 65.5. The van der Waals surface area contributed by atoms with Crippen LogP contribution in [0.4, 0.5) is 23.2 Å². The third kappa shape index (κ3) is 5.52. The van der Waals surface area contributed by atoms with E-state index in [9.17, 15) is 31.9 Å². The highest BCUT2D eigenvalue weighted by atomic mass is 35.5. The van der Waals surface area contributed by atoms with Gasteiger partial charge in [0.1, 0.15) is 23.0 Å². The number of aliphatic imine (C=N–C) groups is 1. The molecule has 1 aliphatic heterocycles. The van der Waals surface area contributed by atoms with Crippen molar-refractivity contribution in [1.82, 2.24) is 14.0 Å². The number of aromatic nitrogens is 2. The molecule has 0 bridgehead atoms. The minimum Gasteiger partial charge on any atom is -0.497 e. The highest BCUT2D eigenvalue weighted by molar-refractivity contribution is 8.15. The Balaban J connectivity index is 1.78. The average molecular weight is 587 g/mol. The number of benzene rings is 2. The Kier molecular flexibility index (Phi) is 7.80. The molecule has 0 unspecified atom stereocenters.